The Bertz CT molecular complexity index is 1120. The number of rotatable bonds is 10. The van der Waals surface area contributed by atoms with E-state index in [0.717, 1.165) is 29.1 Å². The number of carboxylic acid groups (broad SMARTS) is 1. The number of aliphatic carboxylic acids is 1. The van der Waals surface area contributed by atoms with Gasteiger partial charge in [0.15, 0.2) is 10.8 Å². The van der Waals surface area contributed by atoms with Crippen molar-refractivity contribution in [2.75, 3.05) is 24.6 Å². The van der Waals surface area contributed by atoms with Crippen molar-refractivity contribution in [3.8, 4) is 0 Å². The number of carboxylic acids is 1. The summed E-state index contributed by atoms with van der Waals surface area (Å²) in [5, 5.41) is 17.4. The Morgan fingerprint density at radius 3 is 2.71 bits per heavy atom. The molecule has 2 amide bonds. The number of nitrogens with one attached hydrogen (secondary N) is 1. The van der Waals surface area contributed by atoms with Gasteiger partial charge in [0.05, 0.1) is 0 Å². The van der Waals surface area contributed by atoms with E-state index in [9.17, 15) is 24.3 Å². The Kier molecular flexibility index (Phi) is 7.28. The molecule has 0 spiro atoms. The van der Waals surface area contributed by atoms with E-state index in [0.29, 0.717) is 5.57 Å². The second kappa shape index (κ2) is 10.2. The Labute approximate surface area is 207 Å². The van der Waals surface area contributed by atoms with Crippen LogP contribution in [0.4, 0.5) is 5.13 Å². The number of β-lactam (4-membered cyclic amide) rings is 1. The van der Waals surface area contributed by atoms with Crippen LogP contribution < -0.4 is 16.8 Å². The first kappa shape index (κ1) is 24.9. The van der Waals surface area contributed by atoms with Crippen LogP contribution in [0.15, 0.2) is 21.8 Å². The molecule has 13 nitrogen and oxygen atoms in total. The summed E-state index contributed by atoms with van der Waals surface area (Å²) in [6, 6.07) is -0.993. The first-order valence-corrected chi connectivity index (χ1v) is 12.6. The van der Waals surface area contributed by atoms with Gasteiger partial charge in [0.25, 0.3) is 11.8 Å². The number of carbonyl (C=O) groups is 4. The number of carbonyl (C=O) groups excluding carboxylic acids is 3. The minimum Gasteiger partial charge on any atom is -0.477 e. The van der Waals surface area contributed by atoms with Gasteiger partial charge in [-0.05, 0) is 18.8 Å². The number of thiazole rings is 1. The van der Waals surface area contributed by atoms with E-state index < -0.39 is 35.2 Å². The number of thioether (sulfide) groups is 1. The summed E-state index contributed by atoms with van der Waals surface area (Å²) < 4.78 is 4.92. The van der Waals surface area contributed by atoms with Gasteiger partial charge in [0.1, 0.15) is 35.5 Å². The first-order chi connectivity index (χ1) is 16.7. The summed E-state index contributed by atoms with van der Waals surface area (Å²) >= 11 is 2.37. The molecule has 2 aliphatic heterocycles. The molecule has 3 heterocycles. The van der Waals surface area contributed by atoms with Gasteiger partial charge >= 0.3 is 11.9 Å². The highest BCUT2D eigenvalue weighted by Gasteiger charge is 2.54. The van der Waals surface area contributed by atoms with Gasteiger partial charge in [0.2, 0.25) is 0 Å². The maximum Gasteiger partial charge on any atom is 0.352 e. The van der Waals surface area contributed by atoms with Crippen molar-refractivity contribution in [3.05, 3.63) is 22.3 Å². The molecule has 15 heteroatoms. The minimum absolute atomic E-state index is 0.159. The van der Waals surface area contributed by atoms with Crippen molar-refractivity contribution >= 4 is 57.7 Å². The Hall–Kier alpha value is -3.17. The second-order valence-electron chi connectivity index (χ2n) is 8.13. The maximum absolute atomic E-state index is 13.1. The van der Waals surface area contributed by atoms with E-state index in [1.54, 1.807) is 5.38 Å². The van der Waals surface area contributed by atoms with Crippen molar-refractivity contribution in [1.82, 2.24) is 15.2 Å². The third kappa shape index (κ3) is 5.26. The highest BCUT2D eigenvalue weighted by Crippen LogP contribution is 2.40. The Morgan fingerprint density at radius 1 is 1.40 bits per heavy atom. The predicted octanol–water partition coefficient (Wildman–Crippen LogP) is -0.515. The molecule has 1 saturated carbocycles. The molecule has 1 aromatic heterocycles. The van der Waals surface area contributed by atoms with E-state index in [-0.39, 0.29) is 53.2 Å². The van der Waals surface area contributed by atoms with Crippen LogP contribution in [-0.2, 0) is 28.8 Å². The normalized spacial score (nSPS) is 22.7. The average molecular weight is 525 g/mol. The molecule has 0 bridgehead atoms. The molecule has 1 aliphatic carbocycles. The zero-order valence-electron chi connectivity index (χ0n) is 18.6. The summed E-state index contributed by atoms with van der Waals surface area (Å²) in [5.41, 5.74) is 11.5. The molecule has 3 aliphatic rings. The third-order valence-electron chi connectivity index (χ3n) is 5.63. The molecule has 1 saturated heterocycles. The van der Waals surface area contributed by atoms with Crippen LogP contribution in [0, 0.1) is 5.92 Å². The monoisotopic (exact) mass is 524 g/mol. The number of ether oxygens (including phenoxy) is 1. The number of anilines is 1. The molecule has 0 aromatic carbocycles. The van der Waals surface area contributed by atoms with E-state index in [2.05, 4.69) is 15.5 Å². The summed E-state index contributed by atoms with van der Waals surface area (Å²) in [7, 11) is 0. The van der Waals surface area contributed by atoms with Crippen molar-refractivity contribution in [2.24, 2.45) is 16.8 Å². The van der Waals surface area contributed by atoms with Gasteiger partial charge in [-0.25, -0.2) is 9.78 Å². The van der Waals surface area contributed by atoms with Crippen LogP contribution in [-0.4, -0.2) is 80.9 Å². The average Bonchev–Trinajstić information content (AvgIpc) is 3.57. The number of nitrogen functional groups attached to an aromatic ring is 1. The maximum atomic E-state index is 13.1. The molecule has 188 valence electrons. The Balaban J connectivity index is 1.51. The van der Waals surface area contributed by atoms with Gasteiger partial charge in [-0.15, -0.1) is 23.1 Å². The fourth-order valence-corrected chi connectivity index (χ4v) is 5.58. The number of amides is 2. The van der Waals surface area contributed by atoms with Gasteiger partial charge in [0, 0.05) is 30.2 Å². The number of nitrogens with zero attached hydrogens (tertiary/aromatic N) is 3. The van der Waals surface area contributed by atoms with E-state index in [1.165, 1.54) is 18.7 Å². The quantitative estimate of drug-likeness (QED) is 0.133. The number of hydrogen-bond donors (Lipinski definition) is 4. The van der Waals surface area contributed by atoms with E-state index >= 15 is 0 Å². The standard InChI is InChI=1S/C20H24N6O7S2/c1-8(27)32-5-10-6-34-18-14(17(29)26(18)15(10)19(30)31)24-16(28)13(11-7-35-20(22)23-11)25-33-12(4-21)9-2-3-9/h7,9,12,14,18H,2-6,21H2,1H3,(H2,22,23)(H,24,28)(H,30,31)/t12?,14-,18-/m1/s1. The molecular formula is C20H24N6O7S2. The Morgan fingerprint density at radius 2 is 2.14 bits per heavy atom. The summed E-state index contributed by atoms with van der Waals surface area (Å²) in [6.45, 7) is 1.20. The molecule has 1 aromatic rings. The van der Waals surface area contributed by atoms with Gasteiger partial charge in [-0.1, -0.05) is 5.16 Å². The zero-order chi connectivity index (χ0) is 25.3. The molecule has 6 N–H and O–H groups in total. The van der Waals surface area contributed by atoms with E-state index in [4.69, 9.17) is 21.0 Å². The SMILES string of the molecule is CC(=O)OCC1=C(C(=O)O)N2C(=O)[C@@H](NC(=O)C(=NOC(CN)C3CC3)c3csc(N)n3)[C@H]2SC1. The van der Waals surface area contributed by atoms with Crippen molar-refractivity contribution in [3.63, 3.8) is 0 Å². The predicted molar refractivity (Wildman–Crippen MR) is 126 cm³/mol. The number of esters is 1. The van der Waals surface area contributed by atoms with Crippen molar-refractivity contribution < 1.29 is 33.9 Å². The molecule has 2 fully saturated rings. The molecular weight excluding hydrogens is 500 g/mol. The molecule has 3 atom stereocenters. The lowest BCUT2D eigenvalue weighted by Crippen LogP contribution is -2.71. The molecule has 0 radical (unpaired) electrons. The number of hydrogen-bond acceptors (Lipinski definition) is 12. The number of fused-ring (bicyclic) bond motifs is 1. The third-order valence-corrected chi connectivity index (χ3v) is 7.64. The lowest BCUT2D eigenvalue weighted by Gasteiger charge is -2.49. The number of aromatic nitrogens is 1. The highest BCUT2D eigenvalue weighted by atomic mass is 32.2. The van der Waals surface area contributed by atoms with Crippen LogP contribution in [0.3, 0.4) is 0 Å². The molecule has 1 unspecified atom stereocenters. The lowest BCUT2D eigenvalue weighted by molar-refractivity contribution is -0.150. The molecule has 35 heavy (non-hydrogen) atoms. The lowest BCUT2D eigenvalue weighted by atomic mass is 10.0. The second-order valence-corrected chi connectivity index (χ2v) is 10.1. The topological polar surface area (TPSA) is 200 Å². The zero-order valence-corrected chi connectivity index (χ0v) is 20.3. The van der Waals surface area contributed by atoms with Crippen molar-refractivity contribution in [1.29, 1.82) is 0 Å². The number of oxime groups is 1. The van der Waals surface area contributed by atoms with Gasteiger partial charge in [-0.2, -0.15) is 0 Å². The highest BCUT2D eigenvalue weighted by molar-refractivity contribution is 8.00. The first-order valence-electron chi connectivity index (χ1n) is 10.7. The van der Waals surface area contributed by atoms with Gasteiger partial charge in [-0.3, -0.25) is 19.3 Å². The summed E-state index contributed by atoms with van der Waals surface area (Å²) in [5.74, 6) is -2.73. The van der Waals surface area contributed by atoms with Crippen LogP contribution in [0.1, 0.15) is 25.5 Å². The summed E-state index contributed by atoms with van der Waals surface area (Å²) in [6.07, 6.45) is 1.59. The van der Waals surface area contributed by atoms with E-state index in [1.807, 2.05) is 0 Å². The van der Waals surface area contributed by atoms with Crippen LogP contribution >= 0.6 is 23.1 Å². The smallest absolute Gasteiger partial charge is 0.352 e. The van der Waals surface area contributed by atoms with Crippen LogP contribution in [0.2, 0.25) is 0 Å². The van der Waals surface area contributed by atoms with Crippen molar-refractivity contribution in [2.45, 2.75) is 37.3 Å². The fourth-order valence-electron chi connectivity index (χ4n) is 3.70. The number of nitrogens with two attached hydrogens (primary N) is 2. The van der Waals surface area contributed by atoms with Crippen LogP contribution in [0.5, 0.6) is 0 Å². The largest absolute Gasteiger partial charge is 0.477 e. The minimum atomic E-state index is -1.32. The van der Waals surface area contributed by atoms with Crippen LogP contribution in [0.25, 0.3) is 0 Å². The fraction of sp³-hybridized carbons (Fsp3) is 0.500. The summed E-state index contributed by atoms with van der Waals surface area (Å²) in [4.78, 5) is 59.7. The van der Waals surface area contributed by atoms with Gasteiger partial charge < -0.3 is 31.5 Å². The molecule has 4 rings (SSSR count).